The summed E-state index contributed by atoms with van der Waals surface area (Å²) in [6, 6.07) is 14.9. The molecule has 81 heavy (non-hydrogen) atoms. The molecule has 6 radical (unpaired) electrons. The maximum Gasteiger partial charge on any atom is 1.00 e. The molecule has 29 heteroatoms. The molecule has 0 spiro atoms. The van der Waals surface area contributed by atoms with E-state index in [2.05, 4.69) is 42.0 Å². The van der Waals surface area contributed by atoms with Crippen molar-refractivity contribution in [3.8, 4) is 11.5 Å². The summed E-state index contributed by atoms with van der Waals surface area (Å²) in [5, 5.41) is 16.9. The number of rotatable bonds is 20. The molecule has 0 unspecified atom stereocenters. The van der Waals surface area contributed by atoms with E-state index in [9.17, 15) is 47.3 Å². The SMILES string of the molecule is COc1ccc(C(=O)C[S+]2CCCC2)cc1.COc1ccc(C(=O)C[S+]2CCCC2)cc1.O=C(OCC12CC3CC(CC(C3)C1)C2)C(F)(F)SOO[O-].O=C(OCC12CC3CC(CC(C3)C1)C2)C(F)(F)SOO[O-].[B]B([B])[B].[Br-].[Br-].[Na+]. The average Bonchev–Trinajstić information content (AvgIpc) is 4.23. The average molecular weight is 1350 g/mol. The van der Waals surface area contributed by atoms with Crippen LogP contribution in [0.5, 0.6) is 11.5 Å². The first kappa shape index (κ1) is 74.7. The first-order valence-corrected chi connectivity index (χ1v) is 31.4. The fraction of sp³-hybridized carbons (Fsp3) is 0.692. The van der Waals surface area contributed by atoms with Crippen LogP contribution in [-0.2, 0) is 59.6 Å². The van der Waals surface area contributed by atoms with Gasteiger partial charge in [0.05, 0.1) is 27.4 Å². The van der Waals surface area contributed by atoms with Crippen LogP contribution in [0.2, 0.25) is 0 Å². The summed E-state index contributed by atoms with van der Waals surface area (Å²) < 4.78 is 80.1. The van der Waals surface area contributed by atoms with Crippen molar-refractivity contribution in [1.29, 1.82) is 0 Å². The van der Waals surface area contributed by atoms with Gasteiger partial charge in [-0.1, -0.05) is 0 Å². The number of hydrogen-bond acceptors (Lipinski definition) is 16. The number of hydrogen-bond donors (Lipinski definition) is 0. The Morgan fingerprint density at radius 1 is 0.556 bits per heavy atom. The zero-order chi connectivity index (χ0) is 56.5. The Bertz CT molecular complexity index is 2010. The monoisotopic (exact) mass is 1350 g/mol. The van der Waals surface area contributed by atoms with E-state index >= 15 is 0 Å². The smallest absolute Gasteiger partial charge is 1.00 e. The molecule has 2 aliphatic heterocycles. The molecule has 0 N–H and O–H groups in total. The summed E-state index contributed by atoms with van der Waals surface area (Å²) in [5.74, 6) is 9.24. The Morgan fingerprint density at radius 2 is 0.815 bits per heavy atom. The van der Waals surface area contributed by atoms with Gasteiger partial charge in [0, 0.05) is 51.6 Å². The van der Waals surface area contributed by atoms with E-state index in [1.54, 1.807) is 14.2 Å². The third kappa shape index (κ3) is 23.8. The van der Waals surface area contributed by atoms with Crippen molar-refractivity contribution < 1.29 is 148 Å². The number of esters is 2. The van der Waals surface area contributed by atoms with Gasteiger partial charge in [-0.25, -0.2) is 9.59 Å². The standard InChI is InChI=1S/2C13H18F2O5S.2C13H17O2S.B4.2BrH.Na/c2*14-13(15,21-20-19-17)11(16)18-7-12-4-8-1-9(5-12)3-10(2-8)6-12;2*1-15-12-6-4-11(5-7-12)13(14)10-16-8-2-3-9-16;1-4(2)3;;;/h2*8-10,17H,1-7H2;2*4-7H,2-3,8-10H2,1H3;;2*1H;/q;;2*+1;;;;+1/p-4. The van der Waals surface area contributed by atoms with Gasteiger partial charge < -0.3 is 63.4 Å². The van der Waals surface area contributed by atoms with E-state index in [-0.39, 0.29) is 99.1 Å². The molecule has 0 aromatic heterocycles. The van der Waals surface area contributed by atoms with Crippen LogP contribution in [0.3, 0.4) is 0 Å². The molecule has 2 heterocycles. The van der Waals surface area contributed by atoms with Gasteiger partial charge >= 0.3 is 52.0 Å². The third-order valence-electron chi connectivity index (χ3n) is 15.9. The van der Waals surface area contributed by atoms with E-state index in [0.717, 1.165) is 72.7 Å². The van der Waals surface area contributed by atoms with Crippen LogP contribution in [0, 0.1) is 46.3 Å². The number of alkyl halides is 4. The summed E-state index contributed by atoms with van der Waals surface area (Å²) in [7, 11) is 18.0. The fourth-order valence-electron chi connectivity index (χ4n) is 13.5. The van der Waals surface area contributed by atoms with Crippen LogP contribution in [0.1, 0.15) is 123 Å². The number of carbonyl (C=O) groups excluding carboxylic acids is 4. The first-order valence-electron chi connectivity index (χ1n) is 26.4. The molecule has 0 atom stereocenters. The molecule has 12 rings (SSSR count). The van der Waals surface area contributed by atoms with Gasteiger partial charge in [-0.2, -0.15) is 26.2 Å². The Balaban J connectivity index is 0.000000276. The molecule has 10 fully saturated rings. The van der Waals surface area contributed by atoms with E-state index in [4.69, 9.17) is 18.9 Å². The molecule has 10 aliphatic rings. The number of ketones is 2. The van der Waals surface area contributed by atoms with Gasteiger partial charge in [0.1, 0.15) is 58.6 Å². The van der Waals surface area contributed by atoms with Crippen LogP contribution in [0.15, 0.2) is 48.5 Å². The largest absolute Gasteiger partial charge is 1.00 e. The Kier molecular flexibility index (Phi) is 33.2. The molecule has 2 aromatic rings. The van der Waals surface area contributed by atoms with Gasteiger partial charge in [0.25, 0.3) is 0 Å². The minimum atomic E-state index is -3.94. The molecule has 440 valence electrons. The van der Waals surface area contributed by atoms with Crippen LogP contribution in [0.4, 0.5) is 17.6 Å². The number of Topliss-reactive ketones (excluding diaryl/α,β-unsaturated/α-hetero) is 2. The van der Waals surface area contributed by atoms with Crippen molar-refractivity contribution in [2.24, 2.45) is 46.3 Å². The van der Waals surface area contributed by atoms with Gasteiger partial charge in [0.2, 0.25) is 11.6 Å². The maximum atomic E-state index is 13.3. The fourth-order valence-corrected chi connectivity index (χ4v) is 18.5. The number of carbonyl (C=O) groups is 4. The quantitative estimate of drug-likeness (QED) is 0.0218. The Morgan fingerprint density at radius 3 is 1.05 bits per heavy atom. The summed E-state index contributed by atoms with van der Waals surface area (Å²) in [6.07, 6.45) is 17.7. The van der Waals surface area contributed by atoms with Crippen LogP contribution in [-0.4, -0.2) is 126 Å². The van der Waals surface area contributed by atoms with Crippen LogP contribution in [0.25, 0.3) is 0 Å². The maximum absolute atomic E-state index is 13.3. The molecule has 2 aromatic carbocycles. The van der Waals surface area contributed by atoms with Crippen LogP contribution < -0.4 is 83.5 Å². The summed E-state index contributed by atoms with van der Waals surface area (Å²) in [6.45, 7) is 0.0629. The van der Waals surface area contributed by atoms with Gasteiger partial charge in [-0.15, -0.1) is 0 Å². The second kappa shape index (κ2) is 36.0. The number of halogens is 6. The number of ether oxygens (including phenoxy) is 4. The van der Waals surface area contributed by atoms with Gasteiger partial charge in [-0.3, -0.25) is 19.7 Å². The predicted octanol–water partition coefficient (Wildman–Crippen LogP) is -1.51. The second-order valence-corrected chi connectivity index (χ2v) is 28.4. The molecule has 0 amide bonds. The van der Waals surface area contributed by atoms with Gasteiger partial charge in [-0.05, 0) is 209 Å². The molecular weight excluding hydrogens is 1280 g/mol. The Labute approximate surface area is 535 Å². The predicted molar refractivity (Wildman–Crippen MR) is 293 cm³/mol. The number of benzene rings is 2. The minimum Gasteiger partial charge on any atom is -1.00 e. The first-order chi connectivity index (χ1) is 37.2. The topological polar surface area (TPSA) is 188 Å². The zero-order valence-electron chi connectivity index (χ0n) is 46.0. The molecule has 8 saturated carbocycles. The molecule has 8 bridgehead atoms. The van der Waals surface area contributed by atoms with E-state index < -0.39 is 52.9 Å². The van der Waals surface area contributed by atoms with Crippen molar-refractivity contribution in [2.45, 2.75) is 113 Å². The molecule has 14 nitrogen and oxygen atoms in total. The van der Waals surface area contributed by atoms with Crippen LogP contribution >= 0.6 is 24.1 Å². The zero-order valence-corrected chi connectivity index (χ0v) is 54.4. The van der Waals surface area contributed by atoms with Crippen molar-refractivity contribution in [1.82, 2.24) is 0 Å². The van der Waals surface area contributed by atoms with Crippen molar-refractivity contribution in [2.75, 3.05) is 62.0 Å². The van der Waals surface area contributed by atoms with Crippen molar-refractivity contribution in [3.63, 3.8) is 0 Å². The number of methoxy groups -OCH3 is 2. The molecule has 8 aliphatic carbocycles. The summed E-state index contributed by atoms with van der Waals surface area (Å²) >= 11 is -1.28. The van der Waals surface area contributed by atoms with E-state index in [0.29, 0.717) is 57.3 Å². The molecular formula is C52H68B4Br2F4NaO14S4-. The minimum absolute atomic E-state index is 0. The third-order valence-corrected chi connectivity index (χ3v) is 21.7. The van der Waals surface area contributed by atoms with Crippen molar-refractivity contribution >= 4 is 99.0 Å². The van der Waals surface area contributed by atoms with E-state index in [1.807, 2.05) is 48.5 Å². The molecule has 2 saturated heterocycles. The normalized spacial score (nSPS) is 26.3. The summed E-state index contributed by atoms with van der Waals surface area (Å²) in [5.41, 5.74) is 1.39. The van der Waals surface area contributed by atoms with Crippen molar-refractivity contribution in [3.05, 3.63) is 59.7 Å². The van der Waals surface area contributed by atoms with E-state index in [1.165, 1.54) is 87.2 Å². The van der Waals surface area contributed by atoms with Gasteiger partial charge in [0.15, 0.2) is 11.5 Å². The second-order valence-electron chi connectivity index (χ2n) is 22.1. The summed E-state index contributed by atoms with van der Waals surface area (Å²) in [4.78, 5) is 46.8. The Hall–Kier alpha value is -0.580.